The van der Waals surface area contributed by atoms with Gasteiger partial charge in [-0.1, -0.05) is 48.5 Å². The fourth-order valence-electron chi connectivity index (χ4n) is 2.56. The van der Waals surface area contributed by atoms with E-state index in [9.17, 15) is 0 Å². The van der Waals surface area contributed by atoms with Crippen LogP contribution in [0.1, 0.15) is 6.92 Å². The zero-order valence-electron chi connectivity index (χ0n) is 10.7. The molecule has 1 heterocycles. The van der Waals surface area contributed by atoms with Gasteiger partial charge in [0.15, 0.2) is 0 Å². The van der Waals surface area contributed by atoms with Gasteiger partial charge in [0.25, 0.3) is 0 Å². The third kappa shape index (κ3) is 1.78. The molecule has 19 heavy (non-hydrogen) atoms. The Labute approximate surface area is 117 Å². The molecule has 0 amide bonds. The van der Waals surface area contributed by atoms with Crippen molar-refractivity contribution < 1.29 is 0 Å². The molecule has 0 aliphatic rings. The highest BCUT2D eigenvalue weighted by Gasteiger charge is 2.11. The van der Waals surface area contributed by atoms with Crippen LogP contribution in [-0.2, 0) is 0 Å². The first-order chi connectivity index (χ1) is 9.26. The lowest BCUT2D eigenvalue weighted by molar-refractivity contribution is 1.23. The van der Waals surface area contributed by atoms with Gasteiger partial charge in [0.05, 0.1) is 11.0 Å². The van der Waals surface area contributed by atoms with Crippen LogP contribution in [0.3, 0.4) is 0 Å². The molecule has 1 aromatic heterocycles. The highest BCUT2D eigenvalue weighted by atomic mass is 35.5. The van der Waals surface area contributed by atoms with Crippen molar-refractivity contribution in [2.75, 3.05) is 0 Å². The Morgan fingerprint density at radius 3 is 2.58 bits per heavy atom. The third-order valence-electron chi connectivity index (χ3n) is 3.40. The summed E-state index contributed by atoms with van der Waals surface area (Å²) in [6.07, 6.45) is 3.92. The number of hydrogen-bond donors (Lipinski definition) is 0. The molecule has 0 saturated carbocycles. The van der Waals surface area contributed by atoms with Crippen LogP contribution in [0.15, 0.2) is 61.2 Å². The molecule has 2 aromatic carbocycles. The van der Waals surface area contributed by atoms with Gasteiger partial charge in [0.2, 0.25) is 0 Å². The molecule has 0 saturated heterocycles. The zero-order valence-corrected chi connectivity index (χ0v) is 11.5. The number of fused-ring (bicyclic) bond motifs is 3. The molecule has 0 spiro atoms. The second-order valence-electron chi connectivity index (χ2n) is 4.43. The van der Waals surface area contributed by atoms with E-state index in [1.807, 2.05) is 25.1 Å². The largest absolute Gasteiger partial charge is 0.310 e. The number of nitrogens with zero attached hydrogens (tertiary/aromatic N) is 1. The summed E-state index contributed by atoms with van der Waals surface area (Å²) in [5.74, 6) is 0. The van der Waals surface area contributed by atoms with Gasteiger partial charge in [0.1, 0.15) is 0 Å². The number of aromatic nitrogens is 1. The molecule has 0 unspecified atom stereocenters. The first-order valence-electron chi connectivity index (χ1n) is 6.24. The van der Waals surface area contributed by atoms with Crippen LogP contribution < -0.4 is 0 Å². The van der Waals surface area contributed by atoms with E-state index in [1.54, 1.807) is 0 Å². The molecular formula is C17H14ClN. The van der Waals surface area contributed by atoms with Crippen LogP contribution in [0.2, 0.25) is 5.02 Å². The van der Waals surface area contributed by atoms with E-state index >= 15 is 0 Å². The van der Waals surface area contributed by atoms with Gasteiger partial charge in [-0.05, 0) is 31.2 Å². The Kier molecular flexibility index (Phi) is 2.92. The monoisotopic (exact) mass is 267 g/mol. The third-order valence-corrected chi connectivity index (χ3v) is 3.63. The van der Waals surface area contributed by atoms with E-state index in [2.05, 4.69) is 47.6 Å². The Balaban J connectivity index is 2.57. The van der Waals surface area contributed by atoms with Gasteiger partial charge < -0.3 is 4.57 Å². The summed E-state index contributed by atoms with van der Waals surface area (Å²) in [5.41, 5.74) is 3.35. The molecule has 0 aliphatic carbocycles. The number of hydrogen-bond acceptors (Lipinski definition) is 0. The molecule has 0 fully saturated rings. The normalized spacial score (nSPS) is 12.2. The van der Waals surface area contributed by atoms with Crippen molar-refractivity contribution in [3.63, 3.8) is 0 Å². The summed E-state index contributed by atoms with van der Waals surface area (Å²) in [6, 6.07) is 14.4. The van der Waals surface area contributed by atoms with Gasteiger partial charge in [0, 0.05) is 21.5 Å². The maximum atomic E-state index is 6.15. The fourth-order valence-corrected chi connectivity index (χ4v) is 2.73. The van der Waals surface area contributed by atoms with E-state index in [0.717, 1.165) is 16.2 Å². The van der Waals surface area contributed by atoms with Crippen LogP contribution in [0.5, 0.6) is 0 Å². The summed E-state index contributed by atoms with van der Waals surface area (Å²) in [6.45, 7) is 5.92. The van der Waals surface area contributed by atoms with Crippen molar-refractivity contribution in [1.29, 1.82) is 0 Å². The van der Waals surface area contributed by atoms with Crippen LogP contribution in [0.4, 0.5) is 0 Å². The van der Waals surface area contributed by atoms with E-state index in [-0.39, 0.29) is 0 Å². The first kappa shape index (κ1) is 12.1. The number of benzene rings is 2. The quantitative estimate of drug-likeness (QED) is 0.541. The molecule has 3 rings (SSSR count). The van der Waals surface area contributed by atoms with E-state index in [0.29, 0.717) is 0 Å². The van der Waals surface area contributed by atoms with Crippen molar-refractivity contribution >= 4 is 39.1 Å². The van der Waals surface area contributed by atoms with Gasteiger partial charge in [-0.2, -0.15) is 0 Å². The van der Waals surface area contributed by atoms with Crippen molar-refractivity contribution in [1.82, 2.24) is 4.57 Å². The Hall–Kier alpha value is -1.99. The number of rotatable bonds is 2. The molecule has 0 N–H and O–H groups in total. The Bertz CT molecular complexity index is 809. The molecule has 3 aromatic rings. The lowest BCUT2D eigenvalue weighted by atomic mass is 10.2. The minimum absolute atomic E-state index is 0.746. The molecule has 1 nitrogen and oxygen atoms in total. The zero-order chi connectivity index (χ0) is 13.4. The van der Waals surface area contributed by atoms with Crippen LogP contribution in [0, 0.1) is 0 Å². The van der Waals surface area contributed by atoms with Crippen molar-refractivity contribution in [2.45, 2.75) is 6.92 Å². The van der Waals surface area contributed by atoms with Gasteiger partial charge in [-0.25, -0.2) is 0 Å². The smallest absolute Gasteiger partial charge is 0.0555 e. The van der Waals surface area contributed by atoms with Crippen molar-refractivity contribution in [2.24, 2.45) is 0 Å². The second kappa shape index (κ2) is 4.60. The summed E-state index contributed by atoms with van der Waals surface area (Å²) in [4.78, 5) is 0. The van der Waals surface area contributed by atoms with Crippen LogP contribution in [0.25, 0.3) is 27.5 Å². The van der Waals surface area contributed by atoms with Crippen molar-refractivity contribution in [3.05, 3.63) is 66.2 Å². The lowest BCUT2D eigenvalue weighted by Gasteiger charge is -2.07. The molecule has 2 heteroatoms. The van der Waals surface area contributed by atoms with Gasteiger partial charge in [-0.15, -0.1) is 0 Å². The minimum atomic E-state index is 0.746. The molecule has 94 valence electrons. The predicted octanol–water partition coefficient (Wildman–Crippen LogP) is 5.49. The predicted molar refractivity (Wildman–Crippen MR) is 84.6 cm³/mol. The summed E-state index contributed by atoms with van der Waals surface area (Å²) >= 11 is 6.15. The van der Waals surface area contributed by atoms with Crippen molar-refractivity contribution in [3.8, 4) is 0 Å². The highest BCUT2D eigenvalue weighted by Crippen LogP contribution is 2.33. The van der Waals surface area contributed by atoms with Gasteiger partial charge >= 0.3 is 0 Å². The molecular weight excluding hydrogens is 254 g/mol. The minimum Gasteiger partial charge on any atom is -0.310 e. The maximum absolute atomic E-state index is 6.15. The standard InChI is InChI=1S/C17H14ClN/c1-3-13(4-2)19-16-8-6-5-7-14(16)15-10-9-12(18)11-17(15)19/h3-11H,1H2,2H3/b13-4+. The average Bonchev–Trinajstić information content (AvgIpc) is 2.75. The van der Waals surface area contributed by atoms with E-state index in [4.69, 9.17) is 11.6 Å². The topological polar surface area (TPSA) is 4.93 Å². The number of allylic oxidation sites excluding steroid dienone is 3. The van der Waals surface area contributed by atoms with E-state index < -0.39 is 0 Å². The van der Waals surface area contributed by atoms with Gasteiger partial charge in [-0.3, -0.25) is 0 Å². The molecule has 0 atom stereocenters. The highest BCUT2D eigenvalue weighted by molar-refractivity contribution is 6.31. The maximum Gasteiger partial charge on any atom is 0.0555 e. The second-order valence-corrected chi connectivity index (χ2v) is 4.87. The molecule has 0 bridgehead atoms. The lowest BCUT2D eigenvalue weighted by Crippen LogP contribution is -1.93. The van der Waals surface area contributed by atoms with Crippen LogP contribution in [-0.4, -0.2) is 4.57 Å². The summed E-state index contributed by atoms with van der Waals surface area (Å²) in [5, 5.41) is 3.19. The molecule has 0 radical (unpaired) electrons. The van der Waals surface area contributed by atoms with Crippen LogP contribution >= 0.6 is 11.6 Å². The fraction of sp³-hybridized carbons (Fsp3) is 0.0588. The molecule has 0 aliphatic heterocycles. The Morgan fingerprint density at radius 1 is 1.11 bits per heavy atom. The Morgan fingerprint density at radius 2 is 1.84 bits per heavy atom. The first-order valence-corrected chi connectivity index (χ1v) is 6.62. The number of halogens is 1. The average molecular weight is 268 g/mol. The summed E-state index contributed by atoms with van der Waals surface area (Å²) < 4.78 is 2.20. The van der Waals surface area contributed by atoms with E-state index in [1.165, 1.54) is 16.3 Å². The summed E-state index contributed by atoms with van der Waals surface area (Å²) in [7, 11) is 0. The number of para-hydroxylation sites is 1. The SMILES string of the molecule is C=C/C(=C\C)n1c2ccccc2c2ccc(Cl)cc21.